The van der Waals surface area contributed by atoms with Crippen LogP contribution in [0.2, 0.25) is 0 Å². The van der Waals surface area contributed by atoms with Crippen molar-refractivity contribution in [1.29, 1.82) is 0 Å². The number of anilines is 3. The van der Waals surface area contributed by atoms with Gasteiger partial charge in [-0.05, 0) is 37.2 Å². The van der Waals surface area contributed by atoms with Gasteiger partial charge in [0.2, 0.25) is 5.91 Å². The lowest BCUT2D eigenvalue weighted by Crippen LogP contribution is -2.29. The van der Waals surface area contributed by atoms with Gasteiger partial charge in [-0.25, -0.2) is 0 Å². The zero-order valence-electron chi connectivity index (χ0n) is 13.7. The van der Waals surface area contributed by atoms with Crippen molar-refractivity contribution >= 4 is 23.0 Å². The van der Waals surface area contributed by atoms with Crippen molar-refractivity contribution in [3.05, 3.63) is 54.1 Å². The van der Waals surface area contributed by atoms with E-state index in [4.69, 9.17) is 0 Å². The highest BCUT2D eigenvalue weighted by Gasteiger charge is 2.22. The van der Waals surface area contributed by atoms with E-state index >= 15 is 0 Å². The molecule has 2 aromatic carbocycles. The Hall–Kier alpha value is -2.33. The van der Waals surface area contributed by atoms with E-state index in [2.05, 4.69) is 45.9 Å². The average molecular weight is 309 g/mol. The third kappa shape index (κ3) is 3.22. The predicted molar refractivity (Wildman–Crippen MR) is 95.3 cm³/mol. The highest BCUT2D eigenvalue weighted by molar-refractivity contribution is 5.96. The smallest absolute Gasteiger partial charge is 0.228 e. The Morgan fingerprint density at radius 2 is 1.83 bits per heavy atom. The second-order valence-electron chi connectivity index (χ2n) is 6.00. The molecule has 0 aliphatic carbocycles. The minimum Gasteiger partial charge on any atom is -0.339 e. The SMILES string of the molecule is CNCC(C)C(=O)Nc1ccccc1N1CCc2ccccc21. The quantitative estimate of drug-likeness (QED) is 0.891. The summed E-state index contributed by atoms with van der Waals surface area (Å²) in [6.45, 7) is 3.54. The van der Waals surface area contributed by atoms with E-state index in [0.29, 0.717) is 6.54 Å². The van der Waals surface area contributed by atoms with Gasteiger partial charge in [0.05, 0.1) is 11.4 Å². The highest BCUT2D eigenvalue weighted by atomic mass is 16.1. The molecule has 1 unspecified atom stereocenters. The van der Waals surface area contributed by atoms with Crippen LogP contribution in [-0.2, 0) is 11.2 Å². The standard InChI is InChI=1S/C19H23N3O/c1-14(13-20-2)19(23)21-16-8-4-6-10-18(16)22-12-11-15-7-3-5-9-17(15)22/h3-10,14,20H,11-13H2,1-2H3,(H,21,23). The van der Waals surface area contributed by atoms with Crippen LogP contribution in [0.15, 0.2) is 48.5 Å². The molecule has 0 saturated carbocycles. The van der Waals surface area contributed by atoms with Crippen molar-refractivity contribution in [3.8, 4) is 0 Å². The summed E-state index contributed by atoms with van der Waals surface area (Å²) in [5, 5.41) is 6.13. The van der Waals surface area contributed by atoms with Gasteiger partial charge in [0.15, 0.2) is 0 Å². The number of hydrogen-bond acceptors (Lipinski definition) is 3. The number of para-hydroxylation sites is 3. The Bertz CT molecular complexity index is 699. The number of nitrogens with zero attached hydrogens (tertiary/aromatic N) is 1. The zero-order chi connectivity index (χ0) is 16.2. The number of amides is 1. The minimum atomic E-state index is -0.0704. The van der Waals surface area contributed by atoms with Gasteiger partial charge < -0.3 is 15.5 Å². The first-order valence-electron chi connectivity index (χ1n) is 8.10. The molecule has 1 heterocycles. The number of hydrogen-bond donors (Lipinski definition) is 2. The molecule has 0 aromatic heterocycles. The van der Waals surface area contributed by atoms with Gasteiger partial charge in [-0.3, -0.25) is 4.79 Å². The number of carbonyl (C=O) groups excluding carboxylic acids is 1. The summed E-state index contributed by atoms with van der Waals surface area (Å²) in [5.74, 6) is -0.0294. The molecule has 0 fully saturated rings. The van der Waals surface area contributed by atoms with Crippen molar-refractivity contribution in [2.45, 2.75) is 13.3 Å². The molecule has 120 valence electrons. The molecule has 1 amide bonds. The van der Waals surface area contributed by atoms with Crippen LogP contribution < -0.4 is 15.5 Å². The molecule has 2 aromatic rings. The Morgan fingerprint density at radius 3 is 2.61 bits per heavy atom. The van der Waals surface area contributed by atoms with Crippen LogP contribution in [0.1, 0.15) is 12.5 Å². The topological polar surface area (TPSA) is 44.4 Å². The van der Waals surface area contributed by atoms with Gasteiger partial charge >= 0.3 is 0 Å². The number of rotatable bonds is 5. The summed E-state index contributed by atoms with van der Waals surface area (Å²) in [5.41, 5.74) is 4.52. The normalized spacial score (nSPS) is 14.4. The fourth-order valence-electron chi connectivity index (χ4n) is 3.06. The molecule has 0 saturated heterocycles. The fourth-order valence-corrected chi connectivity index (χ4v) is 3.06. The van der Waals surface area contributed by atoms with Gasteiger partial charge in [-0.2, -0.15) is 0 Å². The Balaban J connectivity index is 1.86. The van der Waals surface area contributed by atoms with Crippen molar-refractivity contribution in [1.82, 2.24) is 5.32 Å². The van der Waals surface area contributed by atoms with Crippen LogP contribution in [0.5, 0.6) is 0 Å². The minimum absolute atomic E-state index is 0.0410. The van der Waals surface area contributed by atoms with E-state index < -0.39 is 0 Å². The van der Waals surface area contributed by atoms with Gasteiger partial charge in [-0.15, -0.1) is 0 Å². The van der Waals surface area contributed by atoms with Gasteiger partial charge in [-0.1, -0.05) is 37.3 Å². The molecule has 1 aliphatic rings. The number of fused-ring (bicyclic) bond motifs is 1. The first kappa shape index (κ1) is 15.6. The lowest BCUT2D eigenvalue weighted by Gasteiger charge is -2.23. The van der Waals surface area contributed by atoms with Gasteiger partial charge in [0.25, 0.3) is 0 Å². The second-order valence-corrected chi connectivity index (χ2v) is 6.00. The summed E-state index contributed by atoms with van der Waals surface area (Å²) < 4.78 is 0. The summed E-state index contributed by atoms with van der Waals surface area (Å²) >= 11 is 0. The first-order valence-corrected chi connectivity index (χ1v) is 8.10. The van der Waals surface area contributed by atoms with Crippen LogP contribution >= 0.6 is 0 Å². The summed E-state index contributed by atoms with van der Waals surface area (Å²) in [4.78, 5) is 14.6. The van der Waals surface area contributed by atoms with Crippen LogP contribution in [0, 0.1) is 5.92 Å². The number of benzene rings is 2. The van der Waals surface area contributed by atoms with E-state index in [1.807, 2.05) is 32.2 Å². The lowest BCUT2D eigenvalue weighted by atomic mass is 10.1. The van der Waals surface area contributed by atoms with Crippen molar-refractivity contribution in [3.63, 3.8) is 0 Å². The molecule has 1 atom stereocenters. The van der Waals surface area contributed by atoms with Crippen molar-refractivity contribution in [2.75, 3.05) is 30.4 Å². The maximum atomic E-state index is 12.3. The van der Waals surface area contributed by atoms with E-state index in [1.54, 1.807) is 0 Å². The first-order chi connectivity index (χ1) is 11.2. The summed E-state index contributed by atoms with van der Waals surface area (Å²) in [7, 11) is 1.86. The molecule has 0 bridgehead atoms. The molecule has 0 radical (unpaired) electrons. The van der Waals surface area contributed by atoms with Gasteiger partial charge in [0.1, 0.15) is 0 Å². The predicted octanol–water partition coefficient (Wildman–Crippen LogP) is 3.17. The highest BCUT2D eigenvalue weighted by Crippen LogP contribution is 2.38. The van der Waals surface area contributed by atoms with Crippen LogP contribution in [0.3, 0.4) is 0 Å². The second kappa shape index (κ2) is 6.84. The number of nitrogens with one attached hydrogen (secondary N) is 2. The monoisotopic (exact) mass is 309 g/mol. The summed E-state index contributed by atoms with van der Waals surface area (Å²) in [6.07, 6.45) is 1.04. The molecule has 3 rings (SSSR count). The van der Waals surface area contributed by atoms with E-state index in [0.717, 1.165) is 24.3 Å². The van der Waals surface area contributed by atoms with Gasteiger partial charge in [0, 0.05) is 24.7 Å². The molecular weight excluding hydrogens is 286 g/mol. The number of carbonyl (C=O) groups is 1. The molecule has 2 N–H and O–H groups in total. The lowest BCUT2D eigenvalue weighted by molar-refractivity contribution is -0.119. The van der Waals surface area contributed by atoms with Crippen LogP contribution in [-0.4, -0.2) is 26.0 Å². The Labute approximate surface area is 137 Å². The fraction of sp³-hybridized carbons (Fsp3) is 0.316. The maximum Gasteiger partial charge on any atom is 0.228 e. The molecule has 23 heavy (non-hydrogen) atoms. The molecule has 0 spiro atoms. The zero-order valence-corrected chi connectivity index (χ0v) is 13.7. The Kier molecular flexibility index (Phi) is 4.63. The largest absolute Gasteiger partial charge is 0.339 e. The van der Waals surface area contributed by atoms with E-state index in [-0.39, 0.29) is 11.8 Å². The summed E-state index contributed by atoms with van der Waals surface area (Å²) in [6, 6.07) is 16.5. The molecule has 4 nitrogen and oxygen atoms in total. The van der Waals surface area contributed by atoms with Crippen molar-refractivity contribution in [2.24, 2.45) is 5.92 Å². The molecular formula is C19H23N3O. The van der Waals surface area contributed by atoms with Crippen LogP contribution in [0.4, 0.5) is 17.1 Å². The third-order valence-electron chi connectivity index (χ3n) is 4.30. The van der Waals surface area contributed by atoms with E-state index in [1.165, 1.54) is 11.3 Å². The molecule has 1 aliphatic heterocycles. The van der Waals surface area contributed by atoms with Crippen LogP contribution in [0.25, 0.3) is 0 Å². The Morgan fingerprint density at radius 1 is 1.13 bits per heavy atom. The maximum absolute atomic E-state index is 12.3. The average Bonchev–Trinajstić information content (AvgIpc) is 2.99. The van der Waals surface area contributed by atoms with E-state index in [9.17, 15) is 4.79 Å². The molecule has 4 heteroatoms. The van der Waals surface area contributed by atoms with Crippen molar-refractivity contribution < 1.29 is 4.79 Å². The third-order valence-corrected chi connectivity index (χ3v) is 4.30.